The molecular formula is C25H38N8OS. The molecule has 1 fully saturated rings. The number of rotatable bonds is 12. The van der Waals surface area contributed by atoms with Gasteiger partial charge in [0, 0.05) is 30.5 Å². The van der Waals surface area contributed by atoms with Crippen LogP contribution in [0.4, 0.5) is 23.1 Å². The molecule has 0 radical (unpaired) electrons. The predicted molar refractivity (Wildman–Crippen MR) is 146 cm³/mol. The number of nitrogens with zero attached hydrogens (tertiary/aromatic N) is 5. The topological polar surface area (TPSA) is 94.2 Å². The quantitative estimate of drug-likeness (QED) is 0.310. The molecule has 1 aromatic carbocycles. The van der Waals surface area contributed by atoms with Gasteiger partial charge in [0.1, 0.15) is 10.8 Å². The number of benzene rings is 1. The molecule has 0 spiro atoms. The molecule has 1 saturated heterocycles. The summed E-state index contributed by atoms with van der Waals surface area (Å²) in [6, 6.07) is 8.69. The van der Waals surface area contributed by atoms with Gasteiger partial charge in [0.2, 0.25) is 5.95 Å². The van der Waals surface area contributed by atoms with Crippen molar-refractivity contribution >= 4 is 45.9 Å². The summed E-state index contributed by atoms with van der Waals surface area (Å²) in [5, 5.41) is 16.4. The number of aromatic amines is 1. The van der Waals surface area contributed by atoms with Gasteiger partial charge in [-0.25, -0.2) is 0 Å². The summed E-state index contributed by atoms with van der Waals surface area (Å²) in [6.07, 6.45) is 4.24. The average molecular weight is 499 g/mol. The lowest BCUT2D eigenvalue weighted by molar-refractivity contribution is 0.122. The molecule has 3 aromatic rings. The Morgan fingerprint density at radius 3 is 2.57 bits per heavy atom. The molecule has 3 N–H and O–H groups in total. The summed E-state index contributed by atoms with van der Waals surface area (Å²) in [7, 11) is 0. The fourth-order valence-electron chi connectivity index (χ4n) is 4.38. The van der Waals surface area contributed by atoms with Crippen molar-refractivity contribution in [2.75, 3.05) is 67.7 Å². The Morgan fingerprint density at radius 1 is 1.14 bits per heavy atom. The van der Waals surface area contributed by atoms with Crippen LogP contribution in [0, 0.1) is 0 Å². The molecule has 0 aliphatic carbocycles. The number of morpholine rings is 1. The molecule has 1 aliphatic rings. The molecule has 9 nitrogen and oxygen atoms in total. The molecule has 0 saturated carbocycles. The average Bonchev–Trinajstić information content (AvgIpc) is 3.31. The first-order valence-corrected chi connectivity index (χ1v) is 13.8. The van der Waals surface area contributed by atoms with E-state index in [-0.39, 0.29) is 6.04 Å². The summed E-state index contributed by atoms with van der Waals surface area (Å²) in [5.74, 6) is 1.36. The van der Waals surface area contributed by atoms with Crippen LogP contribution in [0.3, 0.4) is 0 Å². The third kappa shape index (κ3) is 6.56. The first kappa shape index (κ1) is 25.5. The van der Waals surface area contributed by atoms with Crippen LogP contribution in [0.2, 0.25) is 0 Å². The third-order valence-electron chi connectivity index (χ3n) is 6.47. The zero-order valence-electron chi connectivity index (χ0n) is 21.3. The number of hydrogen-bond donors (Lipinski definition) is 3. The highest BCUT2D eigenvalue weighted by Crippen LogP contribution is 2.31. The van der Waals surface area contributed by atoms with E-state index in [1.165, 1.54) is 5.69 Å². The molecule has 3 heterocycles. The van der Waals surface area contributed by atoms with Crippen molar-refractivity contribution in [3.8, 4) is 0 Å². The highest BCUT2D eigenvalue weighted by Gasteiger charge is 2.17. The summed E-state index contributed by atoms with van der Waals surface area (Å²) in [6.45, 7) is 13.4. The van der Waals surface area contributed by atoms with Crippen LogP contribution < -0.4 is 15.5 Å². The van der Waals surface area contributed by atoms with Crippen molar-refractivity contribution in [1.29, 1.82) is 0 Å². The molecule has 1 atom stereocenters. The number of ether oxygens (including phenoxy) is 1. The van der Waals surface area contributed by atoms with Gasteiger partial charge >= 0.3 is 0 Å². The lowest BCUT2D eigenvalue weighted by atomic mass is 10.1. The maximum atomic E-state index is 5.46. The van der Waals surface area contributed by atoms with E-state index in [9.17, 15) is 0 Å². The first-order valence-electron chi connectivity index (χ1n) is 12.6. The highest BCUT2D eigenvalue weighted by atomic mass is 32.2. The zero-order chi connectivity index (χ0) is 24.6. The second kappa shape index (κ2) is 12.4. The molecule has 4 rings (SSSR count). The van der Waals surface area contributed by atoms with E-state index in [1.54, 1.807) is 11.8 Å². The van der Waals surface area contributed by atoms with Crippen LogP contribution in [0.5, 0.6) is 0 Å². The van der Waals surface area contributed by atoms with Crippen LogP contribution in [0.25, 0.3) is 11.0 Å². The molecule has 1 aliphatic heterocycles. The Kier molecular flexibility index (Phi) is 9.06. The highest BCUT2D eigenvalue weighted by molar-refractivity contribution is 7.98. The molecular weight excluding hydrogens is 460 g/mol. The van der Waals surface area contributed by atoms with E-state index in [2.05, 4.69) is 75.7 Å². The minimum Gasteiger partial charge on any atom is -0.378 e. The van der Waals surface area contributed by atoms with E-state index in [4.69, 9.17) is 14.7 Å². The normalized spacial score (nSPS) is 15.1. The van der Waals surface area contributed by atoms with Crippen molar-refractivity contribution in [2.45, 2.75) is 44.7 Å². The van der Waals surface area contributed by atoms with Gasteiger partial charge in [-0.1, -0.05) is 13.8 Å². The van der Waals surface area contributed by atoms with E-state index in [0.29, 0.717) is 5.95 Å². The van der Waals surface area contributed by atoms with E-state index >= 15 is 0 Å². The van der Waals surface area contributed by atoms with Crippen molar-refractivity contribution < 1.29 is 4.74 Å². The summed E-state index contributed by atoms with van der Waals surface area (Å²) in [5.41, 5.74) is 2.88. The SMILES string of the molecule is CCN(CC)CCCC(C)Nc1nc(Nc2ccc(N3CCOCC3)cc2)nc2[nH]nc(SC)c12. The van der Waals surface area contributed by atoms with Gasteiger partial charge in [0.25, 0.3) is 0 Å². The van der Waals surface area contributed by atoms with Crippen LogP contribution in [0.15, 0.2) is 29.3 Å². The standard InChI is InChI=1S/C25H38N8OS/c1-5-32(6-2)13-7-8-18(3)26-22-21-23(30-31-24(21)35-4)29-25(28-22)27-19-9-11-20(12-10-19)33-14-16-34-17-15-33/h9-12,18H,5-8,13-17H2,1-4H3,(H3,26,27,28,29,30,31). The predicted octanol–water partition coefficient (Wildman–Crippen LogP) is 4.58. The Labute approximate surface area is 212 Å². The van der Waals surface area contributed by atoms with Crippen LogP contribution in [-0.2, 0) is 4.74 Å². The Bertz CT molecular complexity index is 1060. The van der Waals surface area contributed by atoms with Crippen molar-refractivity contribution in [1.82, 2.24) is 25.1 Å². The second-order valence-corrected chi connectivity index (χ2v) is 9.63. The Balaban J connectivity index is 1.48. The largest absolute Gasteiger partial charge is 0.378 e. The molecule has 35 heavy (non-hydrogen) atoms. The number of nitrogens with one attached hydrogen (secondary N) is 3. The molecule has 0 bridgehead atoms. The second-order valence-electron chi connectivity index (χ2n) is 8.84. The van der Waals surface area contributed by atoms with E-state index in [1.807, 2.05) is 6.26 Å². The van der Waals surface area contributed by atoms with Crippen molar-refractivity contribution in [3.05, 3.63) is 24.3 Å². The van der Waals surface area contributed by atoms with Crippen molar-refractivity contribution in [2.24, 2.45) is 0 Å². The van der Waals surface area contributed by atoms with Gasteiger partial charge in [-0.15, -0.1) is 11.8 Å². The fraction of sp³-hybridized carbons (Fsp3) is 0.560. The number of fused-ring (bicyclic) bond motifs is 1. The summed E-state index contributed by atoms with van der Waals surface area (Å²) in [4.78, 5) is 14.4. The molecule has 2 aromatic heterocycles. The molecule has 1 unspecified atom stereocenters. The molecule has 0 amide bonds. The summed E-state index contributed by atoms with van der Waals surface area (Å²) >= 11 is 1.60. The zero-order valence-corrected chi connectivity index (χ0v) is 22.1. The van der Waals surface area contributed by atoms with E-state index < -0.39 is 0 Å². The van der Waals surface area contributed by atoms with Gasteiger partial charge < -0.3 is 25.2 Å². The van der Waals surface area contributed by atoms with Gasteiger partial charge in [-0.05, 0) is 69.9 Å². The minimum absolute atomic E-state index is 0.286. The van der Waals surface area contributed by atoms with Crippen LogP contribution >= 0.6 is 11.8 Å². The maximum Gasteiger partial charge on any atom is 0.231 e. The van der Waals surface area contributed by atoms with Crippen molar-refractivity contribution in [3.63, 3.8) is 0 Å². The Hall–Kier alpha value is -2.56. The van der Waals surface area contributed by atoms with Gasteiger partial charge in [-0.2, -0.15) is 15.1 Å². The van der Waals surface area contributed by atoms with Crippen LogP contribution in [-0.4, -0.2) is 83.3 Å². The molecule has 10 heteroatoms. The number of anilines is 4. The van der Waals surface area contributed by atoms with Crippen LogP contribution in [0.1, 0.15) is 33.6 Å². The number of H-pyrrole nitrogens is 1. The third-order valence-corrected chi connectivity index (χ3v) is 7.15. The Morgan fingerprint density at radius 2 is 1.89 bits per heavy atom. The lowest BCUT2D eigenvalue weighted by Gasteiger charge is -2.28. The van der Waals surface area contributed by atoms with E-state index in [0.717, 1.165) is 86.3 Å². The minimum atomic E-state index is 0.286. The molecule has 190 valence electrons. The van der Waals surface area contributed by atoms with Gasteiger partial charge in [-0.3, -0.25) is 5.10 Å². The number of thioether (sulfide) groups is 1. The number of hydrogen-bond acceptors (Lipinski definition) is 9. The first-order chi connectivity index (χ1) is 17.1. The fourth-order valence-corrected chi connectivity index (χ4v) is 4.92. The number of aromatic nitrogens is 4. The van der Waals surface area contributed by atoms with Gasteiger partial charge in [0.15, 0.2) is 5.65 Å². The lowest BCUT2D eigenvalue weighted by Crippen LogP contribution is -2.36. The summed E-state index contributed by atoms with van der Waals surface area (Å²) < 4.78 is 5.46. The van der Waals surface area contributed by atoms with Gasteiger partial charge in [0.05, 0.1) is 18.6 Å². The maximum absolute atomic E-state index is 5.46. The smallest absolute Gasteiger partial charge is 0.231 e. The monoisotopic (exact) mass is 498 g/mol.